The summed E-state index contributed by atoms with van der Waals surface area (Å²) in [6, 6.07) is 68.0. The van der Waals surface area contributed by atoms with Gasteiger partial charge in [0.2, 0.25) is 5.91 Å². The van der Waals surface area contributed by atoms with Crippen LogP contribution < -0.4 is 15.8 Å². The summed E-state index contributed by atoms with van der Waals surface area (Å²) in [6.45, 7) is 11.4. The lowest BCUT2D eigenvalue weighted by atomic mass is 9.82. The molecule has 15 nitrogen and oxygen atoms in total. The van der Waals surface area contributed by atoms with Crippen molar-refractivity contribution in [2.75, 3.05) is 72.0 Å². The molecule has 0 aliphatic carbocycles. The van der Waals surface area contributed by atoms with Gasteiger partial charge in [0.25, 0.3) is 17.7 Å². The SMILES string of the molecule is CCN(NC(=O)c1c(-c2ccccc2)nc(-c2ccccc2)n1C)c1ccccc1.CC[C@H](NC(=O)c1c(-c2ccccc2)nn(-c2ccccc2)c1C)c1ccccc1.CN(C)C(=O)C1(N2CCCCC2)CCN(CC[C@H](CN(C)C(=O)c2ccc(F)c(F)c2)c2ccc(Cl)c(Cl)c2)CC1. The summed E-state index contributed by atoms with van der Waals surface area (Å²) in [4.78, 5) is 66.4. The van der Waals surface area contributed by atoms with E-state index < -0.39 is 17.2 Å². The number of hydrazine groups is 1. The van der Waals surface area contributed by atoms with E-state index in [0.29, 0.717) is 45.8 Å². The summed E-state index contributed by atoms with van der Waals surface area (Å²) in [5.74, 6) is -1.85. The third-order valence-electron chi connectivity index (χ3n) is 19.0. The Labute approximate surface area is 602 Å². The summed E-state index contributed by atoms with van der Waals surface area (Å²) in [6.07, 6.45) is 6.61. The molecule has 12 rings (SSSR count). The van der Waals surface area contributed by atoms with Gasteiger partial charge in [-0.15, -0.1) is 0 Å². The van der Waals surface area contributed by atoms with Crippen molar-refractivity contribution >= 4 is 52.5 Å². The van der Waals surface area contributed by atoms with Crippen LogP contribution in [0.5, 0.6) is 0 Å². The third-order valence-corrected chi connectivity index (χ3v) is 19.7. The predicted octanol–water partition coefficient (Wildman–Crippen LogP) is 16.6. The molecule has 2 aromatic heterocycles. The highest BCUT2D eigenvalue weighted by atomic mass is 35.5. The number of carbonyl (C=O) groups excluding carboxylic acids is 4. The molecule has 0 bridgehead atoms. The lowest BCUT2D eigenvalue weighted by Gasteiger charge is -2.50. The highest BCUT2D eigenvalue weighted by Gasteiger charge is 2.47. The summed E-state index contributed by atoms with van der Waals surface area (Å²) in [7, 11) is 7.24. The van der Waals surface area contributed by atoms with E-state index in [4.69, 9.17) is 33.3 Å². The van der Waals surface area contributed by atoms with Crippen molar-refractivity contribution in [2.24, 2.45) is 7.05 Å². The van der Waals surface area contributed by atoms with Crippen LogP contribution in [0.1, 0.15) is 119 Å². The number of halogens is 4. The van der Waals surface area contributed by atoms with Gasteiger partial charge < -0.3 is 24.6 Å². The molecule has 2 atom stereocenters. The largest absolute Gasteiger partial charge is 0.347 e. The fraction of sp³-hybridized carbons (Fsp3) is 0.293. The molecular formula is C82H89Cl2F2N11O4. The molecule has 2 aliphatic heterocycles. The number of amides is 4. The van der Waals surface area contributed by atoms with Crippen LogP contribution in [0.3, 0.4) is 0 Å². The van der Waals surface area contributed by atoms with Gasteiger partial charge in [-0.1, -0.05) is 200 Å². The molecule has 8 aromatic carbocycles. The van der Waals surface area contributed by atoms with Crippen LogP contribution in [-0.2, 0) is 11.8 Å². The van der Waals surface area contributed by atoms with Crippen molar-refractivity contribution in [3.05, 3.63) is 274 Å². The predicted molar refractivity (Wildman–Crippen MR) is 401 cm³/mol. The van der Waals surface area contributed by atoms with Crippen LogP contribution >= 0.6 is 23.2 Å². The number of benzene rings is 8. The van der Waals surface area contributed by atoms with Gasteiger partial charge in [-0.05, 0) is 138 Å². The number of hydrogen-bond donors (Lipinski definition) is 2. The van der Waals surface area contributed by atoms with Crippen LogP contribution in [0.25, 0.3) is 39.6 Å². The zero-order chi connectivity index (χ0) is 71.6. The molecule has 2 N–H and O–H groups in total. The van der Waals surface area contributed by atoms with E-state index in [1.54, 1.807) is 18.0 Å². The number of nitrogens with zero attached hydrogens (tertiary/aromatic N) is 9. The van der Waals surface area contributed by atoms with Gasteiger partial charge in [-0.2, -0.15) is 5.10 Å². The summed E-state index contributed by atoms with van der Waals surface area (Å²) >= 11 is 12.5. The van der Waals surface area contributed by atoms with Crippen molar-refractivity contribution in [1.29, 1.82) is 0 Å². The lowest BCUT2D eigenvalue weighted by molar-refractivity contribution is -0.147. The fourth-order valence-corrected chi connectivity index (χ4v) is 13.8. The number of aromatic nitrogens is 4. The lowest BCUT2D eigenvalue weighted by Crippen LogP contribution is -2.64. The van der Waals surface area contributed by atoms with Crippen molar-refractivity contribution in [3.8, 4) is 39.6 Å². The maximum atomic E-state index is 13.8. The first-order chi connectivity index (χ1) is 48.9. The van der Waals surface area contributed by atoms with Gasteiger partial charge >= 0.3 is 0 Å². The first kappa shape index (κ1) is 73.9. The van der Waals surface area contributed by atoms with Gasteiger partial charge in [-0.25, -0.2) is 18.4 Å². The van der Waals surface area contributed by atoms with E-state index in [0.717, 1.165) is 134 Å². The van der Waals surface area contributed by atoms with Crippen LogP contribution in [0.2, 0.25) is 10.0 Å². The number of carbonyl (C=O) groups is 4. The normalized spacial score (nSPS) is 14.2. The Morgan fingerprint density at radius 3 is 1.74 bits per heavy atom. The van der Waals surface area contributed by atoms with Gasteiger partial charge in [0.15, 0.2) is 11.6 Å². The minimum Gasteiger partial charge on any atom is -0.347 e. The Balaban J connectivity index is 0.000000166. The topological polar surface area (TPSA) is 144 Å². The van der Waals surface area contributed by atoms with Gasteiger partial charge in [-0.3, -0.25) is 34.5 Å². The highest BCUT2D eigenvalue weighted by molar-refractivity contribution is 6.42. The molecule has 19 heteroatoms. The number of likely N-dealkylation sites (N-methyl/N-ethyl adjacent to an activating group) is 2. The number of para-hydroxylation sites is 2. The van der Waals surface area contributed by atoms with E-state index in [1.807, 2.05) is 243 Å². The molecule has 2 fully saturated rings. The number of anilines is 1. The van der Waals surface area contributed by atoms with E-state index in [-0.39, 0.29) is 41.2 Å². The minimum atomic E-state index is -1.05. The van der Waals surface area contributed by atoms with Crippen LogP contribution in [0.15, 0.2) is 218 Å². The number of imidazole rings is 1. The average Bonchev–Trinajstić information content (AvgIpc) is 1.73. The van der Waals surface area contributed by atoms with Gasteiger partial charge in [0.1, 0.15) is 28.4 Å². The smallest absolute Gasteiger partial charge is 0.288 e. The quantitative estimate of drug-likeness (QED) is 0.0672. The minimum absolute atomic E-state index is 0.0539. The molecule has 2 saturated heterocycles. The Bertz CT molecular complexity index is 4180. The zero-order valence-corrected chi connectivity index (χ0v) is 60.0. The molecule has 4 heterocycles. The molecule has 0 saturated carbocycles. The molecule has 524 valence electrons. The molecule has 10 aromatic rings. The number of rotatable bonds is 21. The monoisotopic (exact) mass is 1400 g/mol. The molecule has 101 heavy (non-hydrogen) atoms. The number of likely N-dealkylation sites (tertiary alicyclic amines) is 2. The Morgan fingerprint density at radius 2 is 1.18 bits per heavy atom. The Hall–Kier alpha value is -9.78. The van der Waals surface area contributed by atoms with Crippen molar-refractivity contribution in [3.63, 3.8) is 0 Å². The second-order valence-corrected chi connectivity index (χ2v) is 26.6. The van der Waals surface area contributed by atoms with E-state index in [9.17, 15) is 28.0 Å². The molecule has 0 radical (unpaired) electrons. The second-order valence-electron chi connectivity index (χ2n) is 25.8. The van der Waals surface area contributed by atoms with Crippen molar-refractivity contribution in [1.82, 2.24) is 49.7 Å². The first-order valence-corrected chi connectivity index (χ1v) is 35.4. The standard InChI is InChI=1S/C31H40Cl2F2N4O2.C26H25N3O.C25H24N4O/c1-36(2)30(41)31(39-14-5-4-6-15-39)12-17-38(18-13-31)16-11-24(22-7-9-25(32)26(33)19-22)21-37(3)29(40)23-8-10-27(34)28(35)20-23;1-3-23(20-13-7-4-8-14-20)27-26(30)24-19(2)29(22-17-11-6-12-18-22)28-25(24)21-15-9-5-10-16-21;1-3-29(21-17-11-6-12-18-21)27-25(30)23-22(19-13-7-4-8-14-19)26-24(28(23)2)20-15-9-5-10-16-20/h7-10,19-20,24H,4-6,11-18,21H2,1-3H3;4-18,23H,3H2,1-2H3,(H,27,30);4-18H,3H2,1-2H3,(H,27,30)/t24-;23-;/m10./s1. The maximum Gasteiger partial charge on any atom is 0.288 e. The van der Waals surface area contributed by atoms with Crippen molar-refractivity contribution < 1.29 is 28.0 Å². The Morgan fingerprint density at radius 1 is 0.614 bits per heavy atom. The van der Waals surface area contributed by atoms with Crippen molar-refractivity contribution in [2.45, 2.75) is 83.2 Å². The fourth-order valence-electron chi connectivity index (χ4n) is 13.5. The molecular weight excluding hydrogens is 1310 g/mol. The third kappa shape index (κ3) is 18.1. The second kappa shape index (κ2) is 35.0. The molecule has 0 unspecified atom stereocenters. The maximum absolute atomic E-state index is 13.8. The van der Waals surface area contributed by atoms with Gasteiger partial charge in [0.05, 0.1) is 38.7 Å². The van der Waals surface area contributed by atoms with E-state index >= 15 is 0 Å². The average molecular weight is 1400 g/mol. The molecule has 2 aliphatic rings. The van der Waals surface area contributed by atoms with Gasteiger partial charge in [0, 0.05) is 82.5 Å². The Kier molecular flexibility index (Phi) is 25.6. The molecule has 4 amide bonds. The van der Waals surface area contributed by atoms with Crippen LogP contribution in [0.4, 0.5) is 14.5 Å². The first-order valence-electron chi connectivity index (χ1n) is 34.6. The number of piperidine rings is 2. The van der Waals surface area contributed by atoms with E-state index in [1.165, 1.54) is 17.4 Å². The number of hydrogen-bond acceptors (Lipinski definition) is 9. The molecule has 0 spiro atoms. The highest BCUT2D eigenvalue weighted by Crippen LogP contribution is 2.36. The summed E-state index contributed by atoms with van der Waals surface area (Å²) < 4.78 is 30.9. The van der Waals surface area contributed by atoms with Crippen LogP contribution in [-0.4, -0.2) is 135 Å². The summed E-state index contributed by atoms with van der Waals surface area (Å²) in [5, 5.41) is 10.8. The summed E-state index contributed by atoms with van der Waals surface area (Å²) in [5.41, 5.74) is 12.7. The number of nitrogens with one attached hydrogen (secondary N) is 2. The van der Waals surface area contributed by atoms with E-state index in [2.05, 4.69) is 27.5 Å². The van der Waals surface area contributed by atoms with Crippen LogP contribution in [0, 0.1) is 18.6 Å². The zero-order valence-electron chi connectivity index (χ0n) is 58.5.